The van der Waals surface area contributed by atoms with Gasteiger partial charge in [0.15, 0.2) is 23.0 Å². The molecular weight excluding hydrogens is 416 g/mol. The fraction of sp³-hybridized carbons (Fsp3) is 0.263. The Morgan fingerprint density at radius 3 is 2.20 bits per heavy atom. The van der Waals surface area contributed by atoms with Gasteiger partial charge in [-0.15, -0.1) is 0 Å². The zero-order valence-corrected chi connectivity index (χ0v) is 17.3. The second-order valence-corrected chi connectivity index (χ2v) is 7.47. The molecule has 2 aromatic rings. The van der Waals surface area contributed by atoms with Crippen LogP contribution >= 0.6 is 0 Å². The quantitative estimate of drug-likeness (QED) is 0.666. The first-order valence-electron chi connectivity index (χ1n) is 8.69. The van der Waals surface area contributed by atoms with Gasteiger partial charge < -0.3 is 18.4 Å². The fourth-order valence-electron chi connectivity index (χ4n) is 3.16. The molecule has 0 unspecified atom stereocenters. The van der Waals surface area contributed by atoms with Crippen molar-refractivity contribution in [3.8, 4) is 23.0 Å². The van der Waals surface area contributed by atoms with Crippen molar-refractivity contribution in [1.29, 1.82) is 0 Å². The molecule has 0 saturated carbocycles. The molecule has 1 aliphatic rings. The first-order valence-corrected chi connectivity index (χ1v) is 10.2. The van der Waals surface area contributed by atoms with Crippen LogP contribution in [0.4, 0.5) is 0 Å². The Hall–Kier alpha value is -3.31. The molecule has 0 spiro atoms. The number of amides is 2. The van der Waals surface area contributed by atoms with Crippen molar-refractivity contribution < 1.29 is 36.4 Å². The second kappa shape index (κ2) is 8.20. The number of ether oxygens (including phenoxy) is 3. The smallest absolute Gasteiger partial charge is 0.380 e. The minimum absolute atomic E-state index is 0.00320. The molecule has 0 aliphatic carbocycles. The lowest BCUT2D eigenvalue weighted by Gasteiger charge is -2.28. The third kappa shape index (κ3) is 4.16. The fourth-order valence-corrected chi connectivity index (χ4v) is 3.54. The van der Waals surface area contributed by atoms with E-state index in [1.54, 1.807) is 6.07 Å². The number of carbonyl (C=O) groups is 2. The third-order valence-electron chi connectivity index (χ3n) is 4.55. The molecule has 1 heterocycles. The number of hydrogen-bond acceptors (Lipinski definition) is 8. The number of imide groups is 1. The minimum Gasteiger partial charge on any atom is -0.493 e. The van der Waals surface area contributed by atoms with Gasteiger partial charge in [-0.1, -0.05) is 0 Å². The molecule has 2 aromatic carbocycles. The molecule has 2 amide bonds. The molecule has 10 nitrogen and oxygen atoms in total. The van der Waals surface area contributed by atoms with Gasteiger partial charge in [0.2, 0.25) is 0 Å². The molecule has 0 aromatic heterocycles. The van der Waals surface area contributed by atoms with Crippen LogP contribution in [0.15, 0.2) is 30.3 Å². The average molecular weight is 436 g/mol. The monoisotopic (exact) mass is 436 g/mol. The Kier molecular flexibility index (Phi) is 5.85. The third-order valence-corrected chi connectivity index (χ3v) is 4.96. The zero-order chi connectivity index (χ0) is 22.1. The molecule has 160 valence electrons. The Bertz CT molecular complexity index is 1110. The highest BCUT2D eigenvalue weighted by Crippen LogP contribution is 2.35. The second-order valence-electron chi connectivity index (χ2n) is 6.32. The van der Waals surface area contributed by atoms with E-state index in [0.717, 1.165) is 4.90 Å². The number of benzene rings is 2. The summed E-state index contributed by atoms with van der Waals surface area (Å²) < 4.78 is 42.7. The summed E-state index contributed by atoms with van der Waals surface area (Å²) in [5.74, 6) is -0.370. The van der Waals surface area contributed by atoms with Gasteiger partial charge in [0.25, 0.3) is 11.8 Å². The molecule has 0 saturated heterocycles. The Balaban J connectivity index is 1.94. The predicted molar refractivity (Wildman–Crippen MR) is 105 cm³/mol. The van der Waals surface area contributed by atoms with E-state index in [2.05, 4.69) is 0 Å². The largest absolute Gasteiger partial charge is 0.493 e. The normalized spacial score (nSPS) is 13.5. The van der Waals surface area contributed by atoms with Crippen LogP contribution in [-0.2, 0) is 16.7 Å². The first-order chi connectivity index (χ1) is 14.2. The molecule has 0 atom stereocenters. The van der Waals surface area contributed by atoms with Gasteiger partial charge in [0.05, 0.1) is 21.3 Å². The van der Waals surface area contributed by atoms with E-state index in [-0.39, 0.29) is 29.2 Å². The van der Waals surface area contributed by atoms with Gasteiger partial charge >= 0.3 is 10.3 Å². The van der Waals surface area contributed by atoms with Crippen molar-refractivity contribution in [2.45, 2.75) is 6.42 Å². The van der Waals surface area contributed by atoms with E-state index >= 15 is 0 Å². The number of rotatable bonds is 6. The van der Waals surface area contributed by atoms with Crippen molar-refractivity contribution in [1.82, 2.24) is 4.90 Å². The van der Waals surface area contributed by atoms with E-state index in [9.17, 15) is 18.0 Å². The van der Waals surface area contributed by atoms with Gasteiger partial charge in [-0.05, 0) is 42.3 Å². The van der Waals surface area contributed by atoms with Gasteiger partial charge in [0.1, 0.15) is 0 Å². The van der Waals surface area contributed by atoms with Crippen molar-refractivity contribution >= 4 is 22.1 Å². The van der Waals surface area contributed by atoms with Crippen molar-refractivity contribution in [2.24, 2.45) is 5.14 Å². The summed E-state index contributed by atoms with van der Waals surface area (Å²) in [7, 11) is -0.0606. The van der Waals surface area contributed by atoms with Crippen LogP contribution in [0.2, 0.25) is 0 Å². The van der Waals surface area contributed by atoms with Crippen LogP contribution in [0.25, 0.3) is 0 Å². The first kappa shape index (κ1) is 21.4. The summed E-state index contributed by atoms with van der Waals surface area (Å²) in [5.41, 5.74) is 0.968. The molecular formula is C19H20N2O8S. The summed E-state index contributed by atoms with van der Waals surface area (Å²) in [6.45, 7) is 0.0974. The van der Waals surface area contributed by atoms with Crippen LogP contribution < -0.4 is 23.5 Å². The van der Waals surface area contributed by atoms with E-state index < -0.39 is 22.1 Å². The van der Waals surface area contributed by atoms with Gasteiger partial charge in [-0.25, -0.2) is 0 Å². The van der Waals surface area contributed by atoms with Gasteiger partial charge in [-0.2, -0.15) is 13.6 Å². The zero-order valence-electron chi connectivity index (χ0n) is 16.5. The molecule has 11 heteroatoms. The van der Waals surface area contributed by atoms with E-state index in [4.69, 9.17) is 23.5 Å². The molecule has 2 N–H and O–H groups in total. The minimum atomic E-state index is -4.27. The SMILES string of the molecule is COc1ccc(C(=O)N2CCc3cc(OS(N)(=O)=O)c(OC)cc3C2=O)cc1OC. The summed E-state index contributed by atoms with van der Waals surface area (Å²) in [5, 5.41) is 4.92. The van der Waals surface area contributed by atoms with Crippen LogP contribution in [0.1, 0.15) is 26.3 Å². The number of nitrogens with two attached hydrogens (primary N) is 1. The molecule has 1 aliphatic heterocycles. The highest BCUT2D eigenvalue weighted by atomic mass is 32.2. The lowest BCUT2D eigenvalue weighted by Crippen LogP contribution is -2.42. The maximum atomic E-state index is 13.0. The molecule has 0 bridgehead atoms. The molecule has 3 rings (SSSR count). The molecule has 30 heavy (non-hydrogen) atoms. The highest BCUT2D eigenvalue weighted by molar-refractivity contribution is 7.84. The van der Waals surface area contributed by atoms with E-state index in [1.807, 2.05) is 0 Å². The topological polar surface area (TPSA) is 134 Å². The van der Waals surface area contributed by atoms with Crippen molar-refractivity contribution in [3.63, 3.8) is 0 Å². The average Bonchev–Trinajstić information content (AvgIpc) is 2.71. The molecule has 0 radical (unpaired) electrons. The number of hydrogen-bond donors (Lipinski definition) is 1. The predicted octanol–water partition coefficient (Wildman–Crippen LogP) is 1.13. The summed E-state index contributed by atoms with van der Waals surface area (Å²) >= 11 is 0. The highest BCUT2D eigenvalue weighted by Gasteiger charge is 2.32. The lowest BCUT2D eigenvalue weighted by molar-refractivity contribution is 0.0604. The Morgan fingerprint density at radius 1 is 0.967 bits per heavy atom. The van der Waals surface area contributed by atoms with Gasteiger partial charge in [0, 0.05) is 17.7 Å². The van der Waals surface area contributed by atoms with Crippen LogP contribution in [0, 0.1) is 0 Å². The number of methoxy groups -OCH3 is 3. The summed E-state index contributed by atoms with van der Waals surface area (Å²) in [6, 6.07) is 7.30. The van der Waals surface area contributed by atoms with Gasteiger partial charge in [-0.3, -0.25) is 14.5 Å². The lowest BCUT2D eigenvalue weighted by atomic mass is 9.97. The Morgan fingerprint density at radius 2 is 1.60 bits per heavy atom. The standard InChI is InChI=1S/C19H20N2O8S/c1-26-14-5-4-12(9-15(14)27-2)18(22)21-7-6-11-8-17(29-30(20,24)25)16(28-3)10-13(11)19(21)23/h4-5,8-10H,6-7H2,1-3H3,(H2,20,24,25). The molecule has 0 fully saturated rings. The number of fused-ring (bicyclic) bond motifs is 1. The van der Waals surface area contributed by atoms with Crippen molar-refractivity contribution in [3.05, 3.63) is 47.0 Å². The Labute approximate surface area is 173 Å². The van der Waals surface area contributed by atoms with E-state index in [1.165, 1.54) is 45.6 Å². The maximum absolute atomic E-state index is 13.0. The summed E-state index contributed by atoms with van der Waals surface area (Å²) in [4.78, 5) is 27.0. The van der Waals surface area contributed by atoms with Crippen LogP contribution in [-0.4, -0.2) is 53.0 Å². The number of carbonyl (C=O) groups excluding carboxylic acids is 2. The van der Waals surface area contributed by atoms with Crippen LogP contribution in [0.5, 0.6) is 23.0 Å². The number of nitrogens with zero attached hydrogens (tertiary/aromatic N) is 1. The van der Waals surface area contributed by atoms with E-state index in [0.29, 0.717) is 23.5 Å². The van der Waals surface area contributed by atoms with Crippen LogP contribution in [0.3, 0.4) is 0 Å². The maximum Gasteiger partial charge on any atom is 0.380 e. The summed E-state index contributed by atoms with van der Waals surface area (Å²) in [6.07, 6.45) is 0.297. The van der Waals surface area contributed by atoms with Crippen molar-refractivity contribution in [2.75, 3.05) is 27.9 Å².